The molecule has 2 aromatic rings. The number of piperidine rings is 1. The largest absolute Gasteiger partial charge is 0.355 e. The normalized spacial score (nSPS) is 16.6. The lowest BCUT2D eigenvalue weighted by Crippen LogP contribution is -2.46. The number of aromatic nitrogens is 2. The van der Waals surface area contributed by atoms with Gasteiger partial charge < -0.3 is 16.0 Å². The third kappa shape index (κ3) is 4.83. The fourth-order valence-electron chi connectivity index (χ4n) is 3.31. The summed E-state index contributed by atoms with van der Waals surface area (Å²) in [7, 11) is 0. The first-order chi connectivity index (χ1) is 13.6. The van der Waals surface area contributed by atoms with Crippen molar-refractivity contribution in [3.8, 4) is 0 Å². The zero-order chi connectivity index (χ0) is 19.9. The van der Waals surface area contributed by atoms with E-state index in [1.165, 1.54) is 16.8 Å². The lowest BCUT2D eigenvalue weighted by Gasteiger charge is -2.31. The Bertz CT molecular complexity index is 881. The maximum absolute atomic E-state index is 12.9. The summed E-state index contributed by atoms with van der Waals surface area (Å²) in [5, 5.41) is 7.04. The van der Waals surface area contributed by atoms with Gasteiger partial charge in [-0.3, -0.25) is 14.4 Å². The lowest BCUT2D eigenvalue weighted by molar-refractivity contribution is -0.126. The Hall–Kier alpha value is -3.00. The number of nitrogens with one attached hydrogen (secondary N) is 1. The Labute approximate surface area is 163 Å². The number of carbonyl (C=O) groups excluding carboxylic acids is 2. The van der Waals surface area contributed by atoms with Gasteiger partial charge >= 0.3 is 0 Å². The number of carbonyl (C=O) groups is 2. The molecule has 1 fully saturated rings. The van der Waals surface area contributed by atoms with Crippen molar-refractivity contribution in [2.24, 2.45) is 11.7 Å². The molecule has 3 N–H and O–H groups in total. The van der Waals surface area contributed by atoms with Crippen molar-refractivity contribution >= 4 is 11.8 Å². The van der Waals surface area contributed by atoms with Gasteiger partial charge in [-0.2, -0.15) is 5.10 Å². The van der Waals surface area contributed by atoms with Crippen LogP contribution in [0.3, 0.4) is 0 Å². The molecule has 1 atom stereocenters. The van der Waals surface area contributed by atoms with E-state index in [9.17, 15) is 14.4 Å². The van der Waals surface area contributed by atoms with Crippen LogP contribution in [0.2, 0.25) is 0 Å². The minimum Gasteiger partial charge on any atom is -0.355 e. The molecule has 1 aliphatic rings. The molecule has 2 heterocycles. The summed E-state index contributed by atoms with van der Waals surface area (Å²) in [6.07, 6.45) is 1.48. The predicted molar refractivity (Wildman–Crippen MR) is 105 cm³/mol. The quantitative estimate of drug-likeness (QED) is 0.741. The van der Waals surface area contributed by atoms with Crippen molar-refractivity contribution in [3.63, 3.8) is 0 Å². The minimum atomic E-state index is -0.266. The van der Waals surface area contributed by atoms with Crippen LogP contribution >= 0.6 is 0 Å². The van der Waals surface area contributed by atoms with Crippen LogP contribution in [0.15, 0.2) is 47.3 Å². The predicted octanol–water partition coefficient (Wildman–Crippen LogP) is 0.219. The first-order valence-electron chi connectivity index (χ1n) is 9.47. The molecule has 0 spiro atoms. The van der Waals surface area contributed by atoms with E-state index >= 15 is 0 Å². The van der Waals surface area contributed by atoms with E-state index in [1.54, 1.807) is 4.90 Å². The van der Waals surface area contributed by atoms with Crippen LogP contribution in [0.1, 0.15) is 28.9 Å². The first kappa shape index (κ1) is 19.8. The molecule has 8 nitrogen and oxygen atoms in total. The Morgan fingerprint density at radius 2 is 1.96 bits per heavy atom. The summed E-state index contributed by atoms with van der Waals surface area (Å²) in [5.41, 5.74) is 6.29. The Balaban J connectivity index is 1.72. The number of hydrogen-bond acceptors (Lipinski definition) is 5. The van der Waals surface area contributed by atoms with Gasteiger partial charge in [0, 0.05) is 32.2 Å². The zero-order valence-corrected chi connectivity index (χ0v) is 15.7. The number of rotatable bonds is 6. The smallest absolute Gasteiger partial charge is 0.274 e. The van der Waals surface area contributed by atoms with Gasteiger partial charge in [-0.15, -0.1) is 0 Å². The van der Waals surface area contributed by atoms with Crippen LogP contribution in [-0.2, 0) is 11.3 Å². The average molecular weight is 383 g/mol. The number of nitrogens with zero attached hydrogens (tertiary/aromatic N) is 3. The molecule has 1 aliphatic heterocycles. The highest BCUT2D eigenvalue weighted by atomic mass is 16.2. The monoisotopic (exact) mass is 383 g/mol. The molecule has 0 radical (unpaired) electrons. The van der Waals surface area contributed by atoms with Crippen molar-refractivity contribution in [3.05, 3.63) is 64.1 Å². The third-order valence-corrected chi connectivity index (χ3v) is 4.78. The van der Waals surface area contributed by atoms with Crippen LogP contribution in [0.25, 0.3) is 0 Å². The number of benzene rings is 1. The van der Waals surface area contributed by atoms with Crippen LogP contribution in [0.4, 0.5) is 0 Å². The topological polar surface area (TPSA) is 110 Å². The maximum atomic E-state index is 12.9. The molecule has 0 saturated carbocycles. The van der Waals surface area contributed by atoms with Crippen molar-refractivity contribution in [2.45, 2.75) is 19.4 Å². The van der Waals surface area contributed by atoms with Crippen molar-refractivity contribution in [2.75, 3.05) is 26.2 Å². The molecule has 28 heavy (non-hydrogen) atoms. The summed E-state index contributed by atoms with van der Waals surface area (Å²) in [5.74, 6) is -0.595. The highest BCUT2D eigenvalue weighted by Crippen LogP contribution is 2.18. The van der Waals surface area contributed by atoms with Gasteiger partial charge in [-0.1, -0.05) is 30.3 Å². The van der Waals surface area contributed by atoms with Crippen LogP contribution in [-0.4, -0.2) is 52.7 Å². The molecule has 1 aromatic carbocycles. The number of amides is 2. The minimum absolute atomic E-state index is 0.0787. The number of hydrogen-bond donors (Lipinski definition) is 2. The molecular formula is C20H25N5O3. The summed E-state index contributed by atoms with van der Waals surface area (Å²) in [6.45, 7) is 2.02. The van der Waals surface area contributed by atoms with E-state index in [4.69, 9.17) is 5.73 Å². The van der Waals surface area contributed by atoms with Crippen LogP contribution in [0, 0.1) is 5.92 Å². The lowest BCUT2D eigenvalue weighted by atomic mass is 9.97. The molecule has 3 rings (SSSR count). The van der Waals surface area contributed by atoms with E-state index in [2.05, 4.69) is 10.4 Å². The molecule has 148 valence electrons. The summed E-state index contributed by atoms with van der Waals surface area (Å²) in [6, 6.07) is 12.3. The van der Waals surface area contributed by atoms with Crippen molar-refractivity contribution in [1.82, 2.24) is 20.0 Å². The van der Waals surface area contributed by atoms with E-state index in [0.29, 0.717) is 32.7 Å². The fraction of sp³-hybridized carbons (Fsp3) is 0.400. The molecular weight excluding hydrogens is 358 g/mol. The van der Waals surface area contributed by atoms with E-state index < -0.39 is 0 Å². The van der Waals surface area contributed by atoms with Crippen LogP contribution in [0.5, 0.6) is 0 Å². The molecule has 0 aliphatic carbocycles. The van der Waals surface area contributed by atoms with Gasteiger partial charge in [0.1, 0.15) is 5.69 Å². The molecule has 1 aromatic heterocycles. The van der Waals surface area contributed by atoms with Gasteiger partial charge in [-0.05, 0) is 24.5 Å². The van der Waals surface area contributed by atoms with Gasteiger partial charge in [-0.25, -0.2) is 4.68 Å². The molecule has 8 heteroatoms. The maximum Gasteiger partial charge on any atom is 0.274 e. The summed E-state index contributed by atoms with van der Waals surface area (Å²) >= 11 is 0. The second kappa shape index (κ2) is 9.27. The van der Waals surface area contributed by atoms with Crippen molar-refractivity contribution < 1.29 is 9.59 Å². The summed E-state index contributed by atoms with van der Waals surface area (Å²) in [4.78, 5) is 38.9. The molecule has 0 bridgehead atoms. The standard InChI is InChI=1S/C20H25N5O3/c21-10-11-22-19(27)16-7-4-12-24(14-16)20(28)17-8-9-18(26)25(23-17)13-15-5-2-1-3-6-15/h1-3,5-6,8-9,16H,4,7,10-14,21H2,(H,22,27). The first-order valence-corrected chi connectivity index (χ1v) is 9.47. The fourth-order valence-corrected chi connectivity index (χ4v) is 3.31. The SMILES string of the molecule is NCCNC(=O)C1CCCN(C(=O)c2ccc(=O)n(Cc3ccccc3)n2)C1. The van der Waals surface area contributed by atoms with E-state index in [-0.39, 0.29) is 29.0 Å². The molecule has 1 unspecified atom stereocenters. The molecule has 2 amide bonds. The van der Waals surface area contributed by atoms with Gasteiger partial charge in [0.2, 0.25) is 5.91 Å². The van der Waals surface area contributed by atoms with Gasteiger partial charge in [0.15, 0.2) is 0 Å². The van der Waals surface area contributed by atoms with Crippen LogP contribution < -0.4 is 16.6 Å². The zero-order valence-electron chi connectivity index (χ0n) is 15.7. The van der Waals surface area contributed by atoms with E-state index in [1.807, 2.05) is 30.3 Å². The highest BCUT2D eigenvalue weighted by Gasteiger charge is 2.29. The summed E-state index contributed by atoms with van der Waals surface area (Å²) < 4.78 is 1.29. The van der Waals surface area contributed by atoms with Gasteiger partial charge in [0.05, 0.1) is 12.5 Å². The Morgan fingerprint density at radius 1 is 1.18 bits per heavy atom. The third-order valence-electron chi connectivity index (χ3n) is 4.78. The van der Waals surface area contributed by atoms with E-state index in [0.717, 1.165) is 18.4 Å². The second-order valence-corrected chi connectivity index (χ2v) is 6.87. The van der Waals surface area contributed by atoms with Gasteiger partial charge in [0.25, 0.3) is 11.5 Å². The number of nitrogens with two attached hydrogens (primary N) is 1. The second-order valence-electron chi connectivity index (χ2n) is 6.87. The average Bonchev–Trinajstić information content (AvgIpc) is 2.74. The highest BCUT2D eigenvalue weighted by molar-refractivity contribution is 5.92. The number of likely N-dealkylation sites (tertiary alicyclic amines) is 1. The molecule has 1 saturated heterocycles. The Morgan fingerprint density at radius 3 is 2.71 bits per heavy atom. The Kier molecular flexibility index (Phi) is 6.54. The van der Waals surface area contributed by atoms with Crippen molar-refractivity contribution in [1.29, 1.82) is 0 Å².